The first kappa shape index (κ1) is 30.4. The molecule has 15 heteroatoms. The molecule has 4 amide bonds. The maximum absolute atomic E-state index is 13.4. The Hall–Kier alpha value is -3.52. The molecule has 0 unspecified atom stereocenters. The number of hydrogen-bond acceptors (Lipinski definition) is 4. The van der Waals surface area contributed by atoms with Gasteiger partial charge in [0.05, 0.1) is 17.7 Å². The van der Waals surface area contributed by atoms with Crippen molar-refractivity contribution in [1.29, 1.82) is 0 Å². The van der Waals surface area contributed by atoms with E-state index in [4.69, 9.17) is 17.3 Å². The highest BCUT2D eigenvalue weighted by atomic mass is 35.5. The van der Waals surface area contributed by atoms with Crippen LogP contribution in [0.3, 0.4) is 0 Å². The van der Waals surface area contributed by atoms with E-state index in [1.807, 2.05) is 0 Å². The van der Waals surface area contributed by atoms with Crippen molar-refractivity contribution >= 4 is 29.4 Å². The van der Waals surface area contributed by atoms with Crippen molar-refractivity contribution in [3.63, 3.8) is 0 Å². The Kier molecular flexibility index (Phi) is 8.20. The molecule has 2 atom stereocenters. The molecule has 4 rings (SSSR count). The lowest BCUT2D eigenvalue weighted by atomic mass is 9.94. The summed E-state index contributed by atoms with van der Waals surface area (Å²) < 4.78 is 79.6. The summed E-state index contributed by atoms with van der Waals surface area (Å²) >= 11 is 5.94. The van der Waals surface area contributed by atoms with Crippen molar-refractivity contribution in [3.8, 4) is 0 Å². The van der Waals surface area contributed by atoms with Crippen molar-refractivity contribution in [2.24, 2.45) is 5.73 Å². The van der Waals surface area contributed by atoms with Crippen LogP contribution in [0.15, 0.2) is 42.5 Å². The smallest absolute Gasteiger partial charge is 0.334 e. The number of rotatable bonds is 5. The normalized spacial score (nSPS) is 21.7. The zero-order valence-electron chi connectivity index (χ0n) is 21.7. The van der Waals surface area contributed by atoms with Gasteiger partial charge in [0.25, 0.3) is 0 Å². The minimum atomic E-state index is -5.04. The van der Waals surface area contributed by atoms with E-state index in [1.165, 1.54) is 14.7 Å². The van der Waals surface area contributed by atoms with Gasteiger partial charge in [0.15, 0.2) is 0 Å². The lowest BCUT2D eigenvalue weighted by molar-refractivity contribution is -0.181. The number of nitrogens with zero attached hydrogens (tertiary/aromatic N) is 3. The molecule has 2 aliphatic heterocycles. The lowest BCUT2D eigenvalue weighted by Crippen LogP contribution is -2.79. The molecule has 0 aliphatic carbocycles. The molecule has 0 radical (unpaired) electrons. The summed E-state index contributed by atoms with van der Waals surface area (Å²) in [4.78, 5) is 43.6. The summed E-state index contributed by atoms with van der Waals surface area (Å²) in [5.41, 5.74) is 1.77. The van der Waals surface area contributed by atoms with E-state index in [-0.39, 0.29) is 38.7 Å². The van der Waals surface area contributed by atoms with Gasteiger partial charge in [-0.15, -0.1) is 0 Å². The molecular formula is C26H26ClF6N5O3. The Morgan fingerprint density at radius 2 is 1.61 bits per heavy atom. The molecule has 8 nitrogen and oxygen atoms in total. The van der Waals surface area contributed by atoms with E-state index in [0.29, 0.717) is 17.2 Å². The molecule has 0 saturated carbocycles. The summed E-state index contributed by atoms with van der Waals surface area (Å²) in [5.74, 6) is -0.849. The fourth-order valence-electron chi connectivity index (χ4n) is 5.26. The summed E-state index contributed by atoms with van der Waals surface area (Å²) in [6.45, 7) is 0.557. The molecule has 2 aromatic rings. The van der Waals surface area contributed by atoms with Crippen LogP contribution in [0.5, 0.6) is 0 Å². The summed E-state index contributed by atoms with van der Waals surface area (Å²) in [5, 5.41) is 2.87. The van der Waals surface area contributed by atoms with Crippen molar-refractivity contribution in [1.82, 2.24) is 20.0 Å². The second-order valence-electron chi connectivity index (χ2n) is 10.0. The highest BCUT2D eigenvalue weighted by molar-refractivity contribution is 6.30. The fraction of sp³-hybridized carbons (Fsp3) is 0.423. The van der Waals surface area contributed by atoms with E-state index < -0.39 is 65.1 Å². The van der Waals surface area contributed by atoms with E-state index in [0.717, 1.165) is 5.56 Å². The topological polar surface area (TPSA) is 99.0 Å². The molecule has 2 saturated heterocycles. The van der Waals surface area contributed by atoms with Crippen LogP contribution in [0.25, 0.3) is 0 Å². The number of amides is 4. The minimum absolute atomic E-state index is 0.00174. The van der Waals surface area contributed by atoms with Crippen LogP contribution in [-0.2, 0) is 35.0 Å². The number of benzene rings is 2. The summed E-state index contributed by atoms with van der Waals surface area (Å²) in [7, 11) is 0. The van der Waals surface area contributed by atoms with Crippen LogP contribution in [0.4, 0.5) is 31.1 Å². The van der Waals surface area contributed by atoms with Crippen LogP contribution in [0.1, 0.15) is 35.6 Å². The number of hydrogen-bond donors (Lipinski definition) is 2. The second kappa shape index (κ2) is 11.0. The first-order valence-electron chi connectivity index (χ1n) is 12.4. The third kappa shape index (κ3) is 6.22. The van der Waals surface area contributed by atoms with E-state index in [1.54, 1.807) is 31.2 Å². The van der Waals surface area contributed by atoms with E-state index in [9.17, 15) is 40.7 Å². The molecule has 41 heavy (non-hydrogen) atoms. The van der Waals surface area contributed by atoms with Crippen molar-refractivity contribution < 1.29 is 40.7 Å². The van der Waals surface area contributed by atoms with Gasteiger partial charge in [-0.3, -0.25) is 14.5 Å². The molecule has 3 N–H and O–H groups in total. The van der Waals surface area contributed by atoms with Crippen LogP contribution in [-0.4, -0.2) is 63.9 Å². The molecule has 0 aromatic heterocycles. The molecule has 0 bridgehead atoms. The van der Waals surface area contributed by atoms with Crippen molar-refractivity contribution in [3.05, 3.63) is 69.7 Å². The van der Waals surface area contributed by atoms with Crippen LogP contribution in [0, 0.1) is 0 Å². The van der Waals surface area contributed by atoms with Gasteiger partial charge < -0.3 is 20.9 Å². The highest BCUT2D eigenvalue weighted by Crippen LogP contribution is 2.37. The fourth-order valence-corrected chi connectivity index (χ4v) is 5.39. The zero-order chi connectivity index (χ0) is 30.3. The van der Waals surface area contributed by atoms with Gasteiger partial charge in [0.1, 0.15) is 11.7 Å². The van der Waals surface area contributed by atoms with Crippen LogP contribution < -0.4 is 11.1 Å². The Labute approximate surface area is 236 Å². The number of urea groups is 1. The number of nitrogens with one attached hydrogen (secondary N) is 1. The Bertz CT molecular complexity index is 1300. The molecule has 2 heterocycles. The largest absolute Gasteiger partial charge is 0.416 e. The quantitative estimate of drug-likeness (QED) is 0.499. The molecular weight excluding hydrogens is 580 g/mol. The van der Waals surface area contributed by atoms with Gasteiger partial charge in [-0.25, -0.2) is 4.79 Å². The van der Waals surface area contributed by atoms with Gasteiger partial charge in [-0.05, 0) is 48.4 Å². The SMILES string of the molecule is C[C@]12CN(Cc3ccc(Cl)cc3)C(=O)[C@H](CN)N1C(=O)CCN2C(=O)NCc1cc(C(F)(F)F)cc(C(F)(F)F)c1. The summed E-state index contributed by atoms with van der Waals surface area (Å²) in [6.07, 6.45) is -10.2. The van der Waals surface area contributed by atoms with Crippen molar-refractivity contribution in [2.75, 3.05) is 19.6 Å². The number of carbonyl (C=O) groups is 3. The monoisotopic (exact) mass is 605 g/mol. The van der Waals surface area contributed by atoms with Gasteiger partial charge in [0.2, 0.25) is 11.8 Å². The number of piperazine rings is 1. The summed E-state index contributed by atoms with van der Waals surface area (Å²) in [6, 6.07) is 5.83. The number of nitrogens with two attached hydrogens (primary N) is 1. The third-order valence-corrected chi connectivity index (χ3v) is 7.42. The van der Waals surface area contributed by atoms with Gasteiger partial charge >= 0.3 is 18.4 Å². The Morgan fingerprint density at radius 1 is 1.02 bits per heavy atom. The first-order chi connectivity index (χ1) is 19.0. The number of alkyl halides is 6. The molecule has 2 aliphatic rings. The Balaban J connectivity index is 1.60. The van der Waals surface area contributed by atoms with Crippen LogP contribution >= 0.6 is 11.6 Å². The average molecular weight is 606 g/mol. The number of halogens is 7. The average Bonchev–Trinajstić information content (AvgIpc) is 2.88. The second-order valence-corrected chi connectivity index (χ2v) is 10.5. The highest BCUT2D eigenvalue weighted by Gasteiger charge is 2.55. The van der Waals surface area contributed by atoms with Crippen LogP contribution in [0.2, 0.25) is 5.02 Å². The molecule has 222 valence electrons. The predicted octanol–water partition coefficient (Wildman–Crippen LogP) is 4.21. The number of carbonyl (C=O) groups excluding carboxylic acids is 3. The first-order valence-corrected chi connectivity index (χ1v) is 12.8. The number of fused-ring (bicyclic) bond motifs is 1. The maximum Gasteiger partial charge on any atom is 0.416 e. The predicted molar refractivity (Wildman–Crippen MR) is 135 cm³/mol. The van der Waals surface area contributed by atoms with Crippen molar-refractivity contribution in [2.45, 2.75) is 50.5 Å². The minimum Gasteiger partial charge on any atom is -0.334 e. The molecule has 0 spiro atoms. The van der Waals surface area contributed by atoms with E-state index >= 15 is 0 Å². The lowest BCUT2D eigenvalue weighted by Gasteiger charge is -2.58. The maximum atomic E-state index is 13.4. The van der Waals surface area contributed by atoms with Gasteiger partial charge in [-0.1, -0.05) is 23.7 Å². The van der Waals surface area contributed by atoms with E-state index in [2.05, 4.69) is 5.32 Å². The standard InChI is InChI=1S/C26H26ClF6N5O3/c1-24-14-36(13-15-2-4-19(27)5-3-15)22(40)20(11-34)38(24)21(39)6-7-37(24)23(41)35-12-16-8-17(25(28,29)30)10-18(9-16)26(31,32)33/h2-5,8-10,20H,6-7,11-14,34H2,1H3,(H,35,41)/t20-,24+/m0/s1. The molecule has 2 aromatic carbocycles. The van der Waals surface area contributed by atoms with Gasteiger partial charge in [-0.2, -0.15) is 26.3 Å². The zero-order valence-corrected chi connectivity index (χ0v) is 22.4. The van der Waals surface area contributed by atoms with Gasteiger partial charge in [0, 0.05) is 37.6 Å². The Morgan fingerprint density at radius 3 is 2.15 bits per heavy atom. The third-order valence-electron chi connectivity index (χ3n) is 7.16. The molecule has 2 fully saturated rings.